The fourth-order valence-electron chi connectivity index (χ4n) is 2.96. The van der Waals surface area contributed by atoms with E-state index in [1.807, 2.05) is 6.92 Å². The molecule has 0 saturated heterocycles. The van der Waals surface area contributed by atoms with Gasteiger partial charge in [-0.05, 0) is 37.3 Å². The summed E-state index contributed by atoms with van der Waals surface area (Å²) in [5.41, 5.74) is 0.999. The van der Waals surface area contributed by atoms with E-state index in [1.165, 1.54) is 23.5 Å². The van der Waals surface area contributed by atoms with Crippen LogP contribution in [0.4, 0.5) is 13.9 Å². The van der Waals surface area contributed by atoms with E-state index in [2.05, 4.69) is 25.2 Å². The highest BCUT2D eigenvalue weighted by Crippen LogP contribution is 2.32. The van der Waals surface area contributed by atoms with E-state index in [0.717, 1.165) is 4.88 Å². The molecule has 2 N–H and O–H groups in total. The van der Waals surface area contributed by atoms with Gasteiger partial charge in [0.05, 0.1) is 11.1 Å². The highest BCUT2D eigenvalue weighted by molar-refractivity contribution is 7.16. The number of amides is 1. The van der Waals surface area contributed by atoms with Crippen LogP contribution in [0.3, 0.4) is 0 Å². The second kappa shape index (κ2) is 7.99. The van der Waals surface area contributed by atoms with Crippen LogP contribution in [-0.4, -0.2) is 27.7 Å². The van der Waals surface area contributed by atoms with Gasteiger partial charge in [-0.1, -0.05) is 18.2 Å². The molecule has 1 amide bonds. The second-order valence-corrected chi connectivity index (χ2v) is 7.43. The van der Waals surface area contributed by atoms with Crippen LogP contribution < -0.4 is 15.6 Å². The van der Waals surface area contributed by atoms with Crippen LogP contribution in [0.5, 0.6) is 5.75 Å². The van der Waals surface area contributed by atoms with Crippen LogP contribution in [-0.2, 0) is 0 Å². The quantitative estimate of drug-likeness (QED) is 0.496. The number of aromatic nitrogens is 3. The smallest absolute Gasteiger partial charge is 0.387 e. The summed E-state index contributed by atoms with van der Waals surface area (Å²) in [4.78, 5) is 29.9. The van der Waals surface area contributed by atoms with Gasteiger partial charge in [0.2, 0.25) is 0 Å². The molecule has 0 unspecified atom stereocenters. The molecule has 0 spiro atoms. The molecular formula is C20H14F2N4O3S. The van der Waals surface area contributed by atoms with Crippen molar-refractivity contribution in [2.45, 2.75) is 13.5 Å². The standard InChI is InChI=1S/C20H14F2N4O3S/c1-10-15(11-6-8-12(9-7-11)29-19(21)22)23-20(30-10)24-18(28)16-13-4-2-3-5-14(13)17(27)26-25-16/h2-9,19H,1H3,(H,26,27)(H,23,24,28). The minimum atomic E-state index is -2.89. The van der Waals surface area contributed by atoms with Crippen LogP contribution in [0, 0.1) is 6.92 Å². The van der Waals surface area contributed by atoms with E-state index in [1.54, 1.807) is 36.4 Å². The first kappa shape index (κ1) is 19.6. The molecule has 7 nitrogen and oxygen atoms in total. The summed E-state index contributed by atoms with van der Waals surface area (Å²) >= 11 is 1.26. The fourth-order valence-corrected chi connectivity index (χ4v) is 3.79. The Balaban J connectivity index is 1.59. The zero-order chi connectivity index (χ0) is 21.3. The van der Waals surface area contributed by atoms with Gasteiger partial charge in [-0.3, -0.25) is 14.9 Å². The van der Waals surface area contributed by atoms with Crippen LogP contribution in [0.25, 0.3) is 22.0 Å². The number of hydrogen-bond acceptors (Lipinski definition) is 6. The number of thiazole rings is 1. The van der Waals surface area contributed by atoms with Crippen molar-refractivity contribution in [1.29, 1.82) is 0 Å². The molecule has 4 rings (SSSR count). The average molecular weight is 428 g/mol. The van der Waals surface area contributed by atoms with E-state index in [-0.39, 0.29) is 17.0 Å². The lowest BCUT2D eigenvalue weighted by atomic mass is 10.1. The summed E-state index contributed by atoms with van der Waals surface area (Å²) in [7, 11) is 0. The number of H-pyrrole nitrogens is 1. The Kier molecular flexibility index (Phi) is 5.23. The number of benzene rings is 2. The average Bonchev–Trinajstić information content (AvgIpc) is 3.08. The minimum Gasteiger partial charge on any atom is -0.435 e. The lowest BCUT2D eigenvalue weighted by Gasteiger charge is -2.05. The van der Waals surface area contributed by atoms with Gasteiger partial charge in [0.1, 0.15) is 5.75 Å². The van der Waals surface area contributed by atoms with Crippen LogP contribution in [0.2, 0.25) is 0 Å². The Morgan fingerprint density at radius 2 is 1.83 bits per heavy atom. The lowest BCUT2D eigenvalue weighted by Crippen LogP contribution is -2.19. The van der Waals surface area contributed by atoms with Gasteiger partial charge in [0.15, 0.2) is 10.8 Å². The molecule has 0 bridgehead atoms. The largest absolute Gasteiger partial charge is 0.435 e. The SMILES string of the molecule is Cc1sc(NC(=O)c2n[nH]c(=O)c3ccccc23)nc1-c1ccc(OC(F)F)cc1. The van der Waals surface area contributed by atoms with Crippen molar-refractivity contribution in [3.63, 3.8) is 0 Å². The van der Waals surface area contributed by atoms with Crippen molar-refractivity contribution in [3.05, 3.63) is 69.5 Å². The minimum absolute atomic E-state index is 0.0474. The molecule has 0 fully saturated rings. The molecule has 2 aromatic heterocycles. The topological polar surface area (TPSA) is 97.0 Å². The monoisotopic (exact) mass is 428 g/mol. The predicted molar refractivity (Wildman–Crippen MR) is 109 cm³/mol. The number of carbonyl (C=O) groups is 1. The van der Waals surface area contributed by atoms with Gasteiger partial charge in [-0.15, -0.1) is 11.3 Å². The zero-order valence-electron chi connectivity index (χ0n) is 15.5. The van der Waals surface area contributed by atoms with Gasteiger partial charge in [0, 0.05) is 15.8 Å². The summed E-state index contributed by atoms with van der Waals surface area (Å²) in [6, 6.07) is 12.8. The number of anilines is 1. The zero-order valence-corrected chi connectivity index (χ0v) is 16.3. The molecule has 30 heavy (non-hydrogen) atoms. The Labute approximate surface area is 172 Å². The Bertz CT molecular complexity index is 1290. The number of aryl methyl sites for hydroxylation is 1. The highest BCUT2D eigenvalue weighted by atomic mass is 32.1. The summed E-state index contributed by atoms with van der Waals surface area (Å²) in [6.07, 6.45) is 0. The Morgan fingerprint density at radius 3 is 2.53 bits per heavy atom. The number of rotatable bonds is 5. The normalized spacial score (nSPS) is 11.1. The van der Waals surface area contributed by atoms with Crippen LogP contribution >= 0.6 is 11.3 Å². The van der Waals surface area contributed by atoms with Gasteiger partial charge in [-0.2, -0.15) is 13.9 Å². The molecular weight excluding hydrogens is 414 g/mol. The molecule has 0 aliphatic heterocycles. The molecule has 10 heteroatoms. The number of aromatic amines is 1. The third-order valence-corrected chi connectivity index (χ3v) is 5.17. The third kappa shape index (κ3) is 3.90. The number of halogens is 2. The van der Waals surface area contributed by atoms with Crippen molar-refractivity contribution >= 4 is 33.1 Å². The third-order valence-electron chi connectivity index (χ3n) is 4.28. The van der Waals surface area contributed by atoms with E-state index in [9.17, 15) is 18.4 Å². The van der Waals surface area contributed by atoms with Gasteiger partial charge in [0.25, 0.3) is 11.5 Å². The fraction of sp³-hybridized carbons (Fsp3) is 0.100. The number of hydrogen-bond donors (Lipinski definition) is 2. The Morgan fingerprint density at radius 1 is 1.13 bits per heavy atom. The summed E-state index contributed by atoms with van der Waals surface area (Å²) in [5, 5.41) is 10.0. The molecule has 2 aromatic carbocycles. The van der Waals surface area contributed by atoms with Gasteiger partial charge in [-0.25, -0.2) is 10.1 Å². The molecule has 152 valence electrons. The van der Waals surface area contributed by atoms with E-state index < -0.39 is 12.5 Å². The maximum absolute atomic E-state index is 12.7. The van der Waals surface area contributed by atoms with Crippen molar-refractivity contribution in [1.82, 2.24) is 15.2 Å². The van der Waals surface area contributed by atoms with Gasteiger partial charge >= 0.3 is 6.61 Å². The molecule has 0 saturated carbocycles. The van der Waals surface area contributed by atoms with Crippen molar-refractivity contribution in [2.75, 3.05) is 5.32 Å². The molecule has 2 heterocycles. The first-order chi connectivity index (χ1) is 14.4. The van der Waals surface area contributed by atoms with Crippen LogP contribution in [0.15, 0.2) is 53.3 Å². The van der Waals surface area contributed by atoms with Crippen LogP contribution in [0.1, 0.15) is 15.4 Å². The number of nitrogens with one attached hydrogen (secondary N) is 2. The first-order valence-electron chi connectivity index (χ1n) is 8.74. The van der Waals surface area contributed by atoms with E-state index in [0.29, 0.717) is 27.2 Å². The van der Waals surface area contributed by atoms with Gasteiger partial charge < -0.3 is 4.74 Å². The maximum Gasteiger partial charge on any atom is 0.387 e. The number of nitrogens with zero attached hydrogens (tertiary/aromatic N) is 2. The van der Waals surface area contributed by atoms with E-state index in [4.69, 9.17) is 0 Å². The predicted octanol–water partition coefficient (Wildman–Crippen LogP) is 4.21. The number of carbonyl (C=O) groups excluding carboxylic acids is 1. The molecule has 0 aliphatic carbocycles. The molecule has 4 aromatic rings. The van der Waals surface area contributed by atoms with Crippen molar-refractivity contribution in [2.24, 2.45) is 0 Å². The first-order valence-corrected chi connectivity index (χ1v) is 9.55. The summed E-state index contributed by atoms with van der Waals surface area (Å²) in [5.74, 6) is -0.463. The molecule has 0 aliphatic rings. The van der Waals surface area contributed by atoms with E-state index >= 15 is 0 Å². The highest BCUT2D eigenvalue weighted by Gasteiger charge is 2.17. The molecule has 0 atom stereocenters. The maximum atomic E-state index is 12.7. The lowest BCUT2D eigenvalue weighted by molar-refractivity contribution is -0.0498. The second-order valence-electron chi connectivity index (χ2n) is 6.23. The van der Waals surface area contributed by atoms with Crippen molar-refractivity contribution < 1.29 is 18.3 Å². The Hall–Kier alpha value is -3.66. The number of ether oxygens (including phenoxy) is 1. The summed E-state index contributed by atoms with van der Waals surface area (Å²) < 4.78 is 28.9. The number of fused-ring (bicyclic) bond motifs is 1. The summed E-state index contributed by atoms with van der Waals surface area (Å²) in [6.45, 7) is -1.06. The number of alkyl halides is 2. The molecule has 0 radical (unpaired) electrons. The van der Waals surface area contributed by atoms with Crippen molar-refractivity contribution in [3.8, 4) is 17.0 Å².